The van der Waals surface area contributed by atoms with Crippen LogP contribution in [0.3, 0.4) is 0 Å². The summed E-state index contributed by atoms with van der Waals surface area (Å²) in [5, 5.41) is 0. The molecule has 1 heterocycles. The molecule has 0 N–H and O–H groups in total. The summed E-state index contributed by atoms with van der Waals surface area (Å²) in [7, 11) is 0. The van der Waals surface area contributed by atoms with Crippen molar-refractivity contribution in [3.05, 3.63) is 52.6 Å². The van der Waals surface area contributed by atoms with Gasteiger partial charge in [-0.2, -0.15) is 0 Å². The van der Waals surface area contributed by atoms with Crippen molar-refractivity contribution in [2.75, 3.05) is 0 Å². The summed E-state index contributed by atoms with van der Waals surface area (Å²) >= 11 is 0. The molecule has 2 nitrogen and oxygen atoms in total. The van der Waals surface area contributed by atoms with Gasteiger partial charge in [-0.05, 0) is 50.3 Å². The molecule has 19 heavy (non-hydrogen) atoms. The van der Waals surface area contributed by atoms with Gasteiger partial charge in [-0.15, -0.1) is 0 Å². The zero-order valence-corrected chi connectivity index (χ0v) is 10.9. The van der Waals surface area contributed by atoms with E-state index in [1.807, 2.05) is 6.92 Å². The molecule has 0 fully saturated rings. The molecule has 0 atom stereocenters. The highest BCUT2D eigenvalue weighted by molar-refractivity contribution is 5.24. The quantitative estimate of drug-likeness (QED) is 0.811. The third kappa shape index (κ3) is 2.27. The number of benzene rings is 1. The maximum Gasteiger partial charge on any atom is 0.159 e. The van der Waals surface area contributed by atoms with Crippen LogP contribution in [0.2, 0.25) is 0 Å². The van der Waals surface area contributed by atoms with Crippen molar-refractivity contribution in [1.82, 2.24) is 9.55 Å². The Hall–Kier alpha value is -1.71. The number of halogens is 2. The maximum atomic E-state index is 13.2. The van der Waals surface area contributed by atoms with Gasteiger partial charge in [0.25, 0.3) is 0 Å². The predicted octanol–water partition coefficient (Wildman–Crippen LogP) is 3.40. The number of hydrogen-bond acceptors (Lipinski definition) is 1. The number of aromatic nitrogens is 2. The smallest absolute Gasteiger partial charge is 0.159 e. The summed E-state index contributed by atoms with van der Waals surface area (Å²) in [6, 6.07) is 4.08. The lowest BCUT2D eigenvalue weighted by Crippen LogP contribution is -2.10. The molecule has 100 valence electrons. The van der Waals surface area contributed by atoms with Crippen LogP contribution in [0.15, 0.2) is 18.2 Å². The van der Waals surface area contributed by atoms with Crippen LogP contribution in [0.4, 0.5) is 8.78 Å². The molecular weight excluding hydrogens is 246 g/mol. The predicted molar refractivity (Wildman–Crippen MR) is 69.1 cm³/mol. The zero-order valence-electron chi connectivity index (χ0n) is 10.9. The van der Waals surface area contributed by atoms with Crippen LogP contribution in [-0.4, -0.2) is 9.55 Å². The Labute approximate surface area is 111 Å². The average Bonchev–Trinajstić information content (AvgIpc) is 2.71. The van der Waals surface area contributed by atoms with E-state index in [9.17, 15) is 8.78 Å². The van der Waals surface area contributed by atoms with Crippen molar-refractivity contribution >= 4 is 0 Å². The normalized spacial score (nSPS) is 14.5. The first-order chi connectivity index (χ1) is 9.15. The highest BCUT2D eigenvalue weighted by atomic mass is 19.2. The minimum atomic E-state index is -0.798. The van der Waals surface area contributed by atoms with Crippen molar-refractivity contribution in [3.8, 4) is 0 Å². The van der Waals surface area contributed by atoms with Crippen molar-refractivity contribution in [1.29, 1.82) is 0 Å². The Morgan fingerprint density at radius 3 is 2.74 bits per heavy atom. The van der Waals surface area contributed by atoms with E-state index < -0.39 is 11.6 Å². The van der Waals surface area contributed by atoms with Crippen molar-refractivity contribution < 1.29 is 8.78 Å². The molecule has 2 aromatic rings. The average molecular weight is 262 g/mol. The standard InChI is InChI=1S/C15H16F2N2/c1-10-18-14-4-2-3-5-15(14)19(10)9-11-6-7-12(16)13(17)8-11/h6-8H,2-5,9H2,1H3. The number of nitrogens with zero attached hydrogens (tertiary/aromatic N) is 2. The fourth-order valence-corrected chi connectivity index (χ4v) is 2.77. The molecule has 0 unspecified atom stereocenters. The molecule has 3 rings (SSSR count). The SMILES string of the molecule is Cc1nc2c(n1Cc1ccc(F)c(F)c1)CCCC2. The summed E-state index contributed by atoms with van der Waals surface area (Å²) in [6.07, 6.45) is 4.42. The molecule has 0 saturated carbocycles. The first-order valence-corrected chi connectivity index (χ1v) is 6.64. The molecule has 1 aromatic carbocycles. The molecule has 4 heteroatoms. The molecule has 0 spiro atoms. The summed E-state index contributed by atoms with van der Waals surface area (Å²) in [4.78, 5) is 4.58. The fourth-order valence-electron chi connectivity index (χ4n) is 2.77. The van der Waals surface area contributed by atoms with Crippen LogP contribution >= 0.6 is 0 Å². The second kappa shape index (κ2) is 4.76. The van der Waals surface area contributed by atoms with Crippen molar-refractivity contribution in [2.45, 2.75) is 39.2 Å². The van der Waals surface area contributed by atoms with Gasteiger partial charge in [0.1, 0.15) is 5.82 Å². The van der Waals surface area contributed by atoms with Crippen LogP contribution in [0.5, 0.6) is 0 Å². The Balaban J connectivity index is 1.94. The van der Waals surface area contributed by atoms with Gasteiger partial charge in [0, 0.05) is 12.2 Å². The van der Waals surface area contributed by atoms with E-state index in [0.717, 1.165) is 24.2 Å². The van der Waals surface area contributed by atoms with Gasteiger partial charge in [-0.3, -0.25) is 0 Å². The number of rotatable bonds is 2. The monoisotopic (exact) mass is 262 g/mol. The minimum Gasteiger partial charge on any atom is -0.328 e. The number of fused-ring (bicyclic) bond motifs is 1. The summed E-state index contributed by atoms with van der Waals surface area (Å²) < 4.78 is 28.3. The lowest BCUT2D eigenvalue weighted by atomic mass is 10.0. The molecule has 1 aliphatic carbocycles. The Morgan fingerprint density at radius 1 is 1.16 bits per heavy atom. The number of hydrogen-bond donors (Lipinski definition) is 0. The van der Waals surface area contributed by atoms with E-state index in [2.05, 4.69) is 9.55 Å². The second-order valence-corrected chi connectivity index (χ2v) is 5.09. The van der Waals surface area contributed by atoms with Crippen LogP contribution in [-0.2, 0) is 19.4 Å². The Bertz CT molecular complexity index is 617. The van der Waals surface area contributed by atoms with E-state index in [-0.39, 0.29) is 0 Å². The molecular formula is C15H16F2N2. The molecule has 0 saturated heterocycles. The van der Waals surface area contributed by atoms with E-state index >= 15 is 0 Å². The summed E-state index contributed by atoms with van der Waals surface area (Å²) in [6.45, 7) is 2.53. The first-order valence-electron chi connectivity index (χ1n) is 6.64. The highest BCUT2D eigenvalue weighted by Gasteiger charge is 2.18. The zero-order chi connectivity index (χ0) is 13.4. The maximum absolute atomic E-state index is 13.2. The van der Waals surface area contributed by atoms with E-state index in [0.29, 0.717) is 6.54 Å². The van der Waals surface area contributed by atoms with Crippen LogP contribution in [0.1, 0.15) is 35.6 Å². The Kier molecular flexibility index (Phi) is 3.09. The molecule has 0 radical (unpaired) electrons. The second-order valence-electron chi connectivity index (χ2n) is 5.09. The summed E-state index contributed by atoms with van der Waals surface area (Å²) in [5.41, 5.74) is 3.20. The lowest BCUT2D eigenvalue weighted by molar-refractivity contribution is 0.506. The highest BCUT2D eigenvalue weighted by Crippen LogP contribution is 2.23. The van der Waals surface area contributed by atoms with Gasteiger partial charge in [0.2, 0.25) is 0 Å². The largest absolute Gasteiger partial charge is 0.328 e. The van der Waals surface area contributed by atoms with Gasteiger partial charge >= 0.3 is 0 Å². The van der Waals surface area contributed by atoms with Gasteiger partial charge in [-0.25, -0.2) is 13.8 Å². The first kappa shape index (κ1) is 12.3. The van der Waals surface area contributed by atoms with Crippen LogP contribution in [0, 0.1) is 18.6 Å². The van der Waals surface area contributed by atoms with Gasteiger partial charge < -0.3 is 4.57 Å². The molecule has 1 aliphatic rings. The van der Waals surface area contributed by atoms with Crippen LogP contribution in [0.25, 0.3) is 0 Å². The van der Waals surface area contributed by atoms with Gasteiger partial charge in [0.15, 0.2) is 11.6 Å². The van der Waals surface area contributed by atoms with E-state index in [1.165, 1.54) is 36.4 Å². The summed E-state index contributed by atoms with van der Waals surface area (Å²) in [5.74, 6) is -0.631. The minimum absolute atomic E-state index is 0.561. The third-order valence-electron chi connectivity index (χ3n) is 3.75. The van der Waals surface area contributed by atoms with Crippen molar-refractivity contribution in [3.63, 3.8) is 0 Å². The lowest BCUT2D eigenvalue weighted by Gasteiger charge is -2.15. The van der Waals surface area contributed by atoms with Gasteiger partial charge in [-0.1, -0.05) is 6.07 Å². The van der Waals surface area contributed by atoms with Crippen LogP contribution < -0.4 is 0 Å². The number of aryl methyl sites for hydroxylation is 2. The molecule has 0 amide bonds. The van der Waals surface area contributed by atoms with Crippen molar-refractivity contribution in [2.24, 2.45) is 0 Å². The molecule has 0 aliphatic heterocycles. The third-order valence-corrected chi connectivity index (χ3v) is 3.75. The fraction of sp³-hybridized carbons (Fsp3) is 0.400. The van der Waals surface area contributed by atoms with E-state index in [4.69, 9.17) is 0 Å². The topological polar surface area (TPSA) is 17.8 Å². The molecule has 0 bridgehead atoms. The van der Waals surface area contributed by atoms with Gasteiger partial charge in [0.05, 0.1) is 5.69 Å². The Morgan fingerprint density at radius 2 is 1.95 bits per heavy atom. The van der Waals surface area contributed by atoms with E-state index in [1.54, 1.807) is 6.07 Å². The molecule has 1 aromatic heterocycles. The number of imidazole rings is 1.